The zero-order chi connectivity index (χ0) is 23.7. The normalized spacial score (nSPS) is 28.4. The number of nitrogens with zero attached hydrogens (tertiary/aromatic N) is 3. The van der Waals surface area contributed by atoms with Gasteiger partial charge in [0.1, 0.15) is 20.6 Å². The van der Waals surface area contributed by atoms with E-state index in [0.717, 1.165) is 0 Å². The third-order valence-corrected chi connectivity index (χ3v) is 8.92. The lowest BCUT2D eigenvalue weighted by molar-refractivity contribution is -0.138. The number of thiocarbonyl (C=S) groups is 1. The number of likely N-dealkylation sites (tertiary alicyclic amines) is 1. The summed E-state index contributed by atoms with van der Waals surface area (Å²) >= 11 is 6.90. The summed E-state index contributed by atoms with van der Waals surface area (Å²) in [7, 11) is 1.79. The fourth-order valence-electron chi connectivity index (χ4n) is 5.63. The molecular weight excluding hydrogens is 475 g/mol. The molecule has 172 valence electrons. The minimum absolute atomic E-state index is 0.145. The van der Waals surface area contributed by atoms with Gasteiger partial charge in [0.15, 0.2) is 5.54 Å². The highest BCUT2D eigenvalue weighted by Crippen LogP contribution is 2.65. The number of hydrogen-bond acceptors (Lipinski definition) is 7. The average molecular weight is 495 g/mol. The number of halogens is 1. The standard InChI is InChI=1S/C24H19FN4O3S2/c1-28-13-17(18-6-2-3-9-26-18)24(21(31)29(22(33)34-24)12-15-5-4-10-32-15)23(28)16-11-14(25)7-8-19(16)27-20(23)30/h2-11,17H,12-13H2,1H3,(H,27,30). The molecule has 34 heavy (non-hydrogen) atoms. The lowest BCUT2D eigenvalue weighted by Crippen LogP contribution is -2.61. The number of nitrogens with one attached hydrogen (secondary N) is 1. The summed E-state index contributed by atoms with van der Waals surface area (Å²) in [5.41, 5.74) is 0.119. The first-order valence-corrected chi connectivity index (χ1v) is 11.9. The molecule has 2 saturated heterocycles. The van der Waals surface area contributed by atoms with Crippen LogP contribution in [0.15, 0.2) is 65.4 Å². The number of rotatable bonds is 3. The Morgan fingerprint density at radius 1 is 1.26 bits per heavy atom. The maximum absolute atomic E-state index is 14.5. The molecule has 7 nitrogen and oxygen atoms in total. The van der Waals surface area contributed by atoms with E-state index in [2.05, 4.69) is 10.3 Å². The zero-order valence-electron chi connectivity index (χ0n) is 18.0. The molecule has 1 N–H and O–H groups in total. The van der Waals surface area contributed by atoms with Gasteiger partial charge in [0.05, 0.1) is 12.8 Å². The van der Waals surface area contributed by atoms with Gasteiger partial charge in [-0.2, -0.15) is 0 Å². The number of anilines is 1. The highest BCUT2D eigenvalue weighted by molar-refractivity contribution is 8.25. The molecular formula is C24H19FN4O3S2. The van der Waals surface area contributed by atoms with Crippen molar-refractivity contribution in [3.05, 3.63) is 83.8 Å². The van der Waals surface area contributed by atoms with Gasteiger partial charge in [-0.3, -0.25) is 24.4 Å². The monoisotopic (exact) mass is 494 g/mol. The number of thioether (sulfide) groups is 1. The lowest BCUT2D eigenvalue weighted by atomic mass is 9.73. The van der Waals surface area contributed by atoms with E-state index in [1.807, 2.05) is 17.0 Å². The van der Waals surface area contributed by atoms with Crippen LogP contribution in [0.1, 0.15) is 22.9 Å². The number of amides is 2. The third kappa shape index (κ3) is 2.61. The van der Waals surface area contributed by atoms with E-state index < -0.39 is 22.0 Å². The molecule has 3 unspecified atom stereocenters. The smallest absolute Gasteiger partial charge is 0.251 e. The SMILES string of the molecule is CN1CC(c2ccccn2)C2(SC(=S)N(Cc3ccco3)C2=O)C12C(=O)Nc1ccc(F)cc12. The highest BCUT2D eigenvalue weighted by atomic mass is 32.2. The van der Waals surface area contributed by atoms with Crippen molar-refractivity contribution >= 4 is 45.8 Å². The number of carbonyl (C=O) groups is 2. The van der Waals surface area contributed by atoms with Crippen LogP contribution in [-0.4, -0.2) is 49.3 Å². The topological polar surface area (TPSA) is 78.7 Å². The van der Waals surface area contributed by atoms with Crippen molar-refractivity contribution in [3.63, 3.8) is 0 Å². The summed E-state index contributed by atoms with van der Waals surface area (Å²) in [5.74, 6) is -1.07. The molecule has 2 spiro atoms. The Balaban J connectivity index is 1.60. The molecule has 0 radical (unpaired) electrons. The fraction of sp³-hybridized carbons (Fsp3) is 0.250. The number of hydrogen-bond donors (Lipinski definition) is 1. The van der Waals surface area contributed by atoms with Crippen LogP contribution in [0.25, 0.3) is 0 Å². The highest BCUT2D eigenvalue weighted by Gasteiger charge is 2.78. The first-order valence-electron chi connectivity index (χ1n) is 10.7. The van der Waals surface area contributed by atoms with Gasteiger partial charge in [-0.05, 0) is 49.5 Å². The Morgan fingerprint density at radius 3 is 2.85 bits per heavy atom. The van der Waals surface area contributed by atoms with Crippen LogP contribution in [0, 0.1) is 5.82 Å². The molecule has 2 fully saturated rings. The number of aromatic nitrogens is 1. The van der Waals surface area contributed by atoms with Gasteiger partial charge in [0.2, 0.25) is 5.91 Å². The van der Waals surface area contributed by atoms with Gasteiger partial charge >= 0.3 is 0 Å². The van der Waals surface area contributed by atoms with Crippen LogP contribution >= 0.6 is 24.0 Å². The molecule has 6 rings (SSSR count). The predicted octanol–water partition coefficient (Wildman–Crippen LogP) is 3.49. The van der Waals surface area contributed by atoms with Crippen molar-refractivity contribution < 1.29 is 18.4 Å². The van der Waals surface area contributed by atoms with E-state index in [-0.39, 0.29) is 18.4 Å². The van der Waals surface area contributed by atoms with Gasteiger partial charge in [0, 0.05) is 35.6 Å². The Hall–Kier alpha value is -3.08. The van der Waals surface area contributed by atoms with Crippen molar-refractivity contribution in [1.29, 1.82) is 0 Å². The van der Waals surface area contributed by atoms with Gasteiger partial charge < -0.3 is 9.73 Å². The first kappa shape index (κ1) is 21.5. The van der Waals surface area contributed by atoms with Crippen LogP contribution in [-0.2, 0) is 21.7 Å². The van der Waals surface area contributed by atoms with Crippen LogP contribution in [0.5, 0.6) is 0 Å². The van der Waals surface area contributed by atoms with Crippen molar-refractivity contribution in [3.8, 4) is 0 Å². The Labute approximate surface area is 204 Å². The summed E-state index contributed by atoms with van der Waals surface area (Å²) in [6.07, 6.45) is 3.20. The molecule has 2 aromatic heterocycles. The molecule has 3 aliphatic heterocycles. The first-order chi connectivity index (χ1) is 16.4. The van der Waals surface area contributed by atoms with Crippen LogP contribution in [0.4, 0.5) is 10.1 Å². The number of benzene rings is 1. The molecule has 0 bridgehead atoms. The van der Waals surface area contributed by atoms with E-state index in [1.54, 1.807) is 31.4 Å². The van der Waals surface area contributed by atoms with E-state index in [1.165, 1.54) is 41.1 Å². The van der Waals surface area contributed by atoms with Gasteiger partial charge in [-0.1, -0.05) is 30.0 Å². The predicted molar refractivity (Wildman–Crippen MR) is 128 cm³/mol. The van der Waals surface area contributed by atoms with Gasteiger partial charge in [-0.25, -0.2) is 4.39 Å². The quantitative estimate of drug-likeness (QED) is 0.559. The summed E-state index contributed by atoms with van der Waals surface area (Å²) in [4.78, 5) is 36.2. The van der Waals surface area contributed by atoms with Crippen molar-refractivity contribution in [2.75, 3.05) is 18.9 Å². The average Bonchev–Trinajstić information content (AvgIpc) is 3.56. The lowest BCUT2D eigenvalue weighted by Gasteiger charge is -2.41. The number of likely N-dealkylation sites (N-methyl/N-ethyl adjacent to an activating group) is 1. The number of fused-ring (bicyclic) bond motifs is 3. The second kappa shape index (κ2) is 7.46. The van der Waals surface area contributed by atoms with E-state index >= 15 is 0 Å². The Morgan fingerprint density at radius 2 is 2.12 bits per heavy atom. The minimum Gasteiger partial charge on any atom is -0.467 e. The summed E-state index contributed by atoms with van der Waals surface area (Å²) in [5, 5.41) is 2.89. The van der Waals surface area contributed by atoms with E-state index in [0.29, 0.717) is 33.6 Å². The van der Waals surface area contributed by atoms with Crippen molar-refractivity contribution in [2.24, 2.45) is 0 Å². The minimum atomic E-state index is -1.48. The molecule has 5 heterocycles. The molecule has 10 heteroatoms. The second-order valence-electron chi connectivity index (χ2n) is 8.62. The second-order valence-corrected chi connectivity index (χ2v) is 10.5. The molecule has 3 aliphatic rings. The number of furan rings is 1. The summed E-state index contributed by atoms with van der Waals surface area (Å²) in [6, 6.07) is 13.2. The Bertz CT molecular complexity index is 1340. The molecule has 1 aromatic carbocycles. The van der Waals surface area contributed by atoms with E-state index in [9.17, 15) is 14.0 Å². The molecule has 0 saturated carbocycles. The maximum atomic E-state index is 14.5. The molecule has 3 aromatic rings. The van der Waals surface area contributed by atoms with E-state index in [4.69, 9.17) is 16.6 Å². The van der Waals surface area contributed by atoms with Gasteiger partial charge in [0.25, 0.3) is 5.91 Å². The van der Waals surface area contributed by atoms with Crippen LogP contribution in [0.2, 0.25) is 0 Å². The fourth-order valence-corrected chi connectivity index (χ4v) is 7.75. The molecule has 3 atom stereocenters. The number of pyridine rings is 1. The molecule has 0 aliphatic carbocycles. The summed E-state index contributed by atoms with van der Waals surface area (Å²) < 4.78 is 19.0. The third-order valence-electron chi connectivity index (χ3n) is 6.98. The van der Waals surface area contributed by atoms with Crippen molar-refractivity contribution in [1.82, 2.24) is 14.8 Å². The largest absolute Gasteiger partial charge is 0.467 e. The van der Waals surface area contributed by atoms with Gasteiger partial charge in [-0.15, -0.1) is 0 Å². The Kier molecular flexibility index (Phi) is 4.71. The van der Waals surface area contributed by atoms with Crippen LogP contribution in [0.3, 0.4) is 0 Å². The molecule has 2 amide bonds. The van der Waals surface area contributed by atoms with Crippen molar-refractivity contribution in [2.45, 2.75) is 22.7 Å². The zero-order valence-corrected chi connectivity index (χ0v) is 19.7. The summed E-state index contributed by atoms with van der Waals surface area (Å²) in [6.45, 7) is 0.502. The maximum Gasteiger partial charge on any atom is 0.251 e. The number of carbonyl (C=O) groups excluding carboxylic acids is 2. The van der Waals surface area contributed by atoms with Crippen LogP contribution < -0.4 is 5.32 Å².